The Kier molecular flexibility index (Phi) is 5.73. The van der Waals surface area contributed by atoms with Crippen molar-refractivity contribution in [3.05, 3.63) is 75.0 Å². The van der Waals surface area contributed by atoms with Crippen LogP contribution in [0.2, 0.25) is 0 Å². The average Bonchev–Trinajstić information content (AvgIpc) is 3.37. The molecule has 0 saturated carbocycles. The Morgan fingerprint density at radius 2 is 1.92 bits per heavy atom. The number of thioether (sulfide) groups is 1. The minimum atomic E-state index is -3.19. The minimum Gasteiger partial charge on any atom is -0.325 e. The van der Waals surface area contributed by atoms with Crippen molar-refractivity contribution in [2.75, 3.05) is 23.0 Å². The molecule has 184 valence electrons. The molecular weight excluding hydrogens is 517 g/mol. The molecule has 1 amide bonds. The van der Waals surface area contributed by atoms with Gasteiger partial charge in [-0.05, 0) is 49.1 Å². The lowest BCUT2D eigenvalue weighted by molar-refractivity contribution is -0.123. The van der Waals surface area contributed by atoms with Crippen LogP contribution in [0.3, 0.4) is 0 Å². The summed E-state index contributed by atoms with van der Waals surface area (Å²) in [6.07, 6.45) is 5.44. The number of benzene rings is 1. The number of nitrogens with zero attached hydrogens (tertiary/aromatic N) is 4. The van der Waals surface area contributed by atoms with Crippen LogP contribution in [0.1, 0.15) is 24.0 Å². The van der Waals surface area contributed by atoms with Crippen molar-refractivity contribution in [2.24, 2.45) is 0 Å². The van der Waals surface area contributed by atoms with Gasteiger partial charge in [0.05, 0.1) is 28.0 Å². The van der Waals surface area contributed by atoms with Crippen molar-refractivity contribution in [3.63, 3.8) is 0 Å². The number of sulfone groups is 1. The fourth-order valence-corrected chi connectivity index (χ4v) is 8.16. The molecule has 1 aromatic carbocycles. The Morgan fingerprint density at radius 3 is 2.72 bits per heavy atom. The van der Waals surface area contributed by atoms with Crippen molar-refractivity contribution in [3.8, 4) is 0 Å². The summed E-state index contributed by atoms with van der Waals surface area (Å²) in [6.45, 7) is 0.689. The minimum absolute atomic E-state index is 0.0439. The lowest BCUT2D eigenvalue weighted by Gasteiger charge is -2.31. The van der Waals surface area contributed by atoms with E-state index in [9.17, 15) is 18.0 Å². The number of carbonyl (C=O) groups is 1. The van der Waals surface area contributed by atoms with E-state index in [2.05, 4.69) is 6.07 Å². The molecule has 3 aliphatic rings. The summed E-state index contributed by atoms with van der Waals surface area (Å²) in [5.74, 6) is 0.0759. The summed E-state index contributed by atoms with van der Waals surface area (Å²) in [5, 5.41) is 0. The molecule has 2 fully saturated rings. The summed E-state index contributed by atoms with van der Waals surface area (Å²) >= 11 is 6.56. The van der Waals surface area contributed by atoms with E-state index in [0.717, 1.165) is 30.3 Å². The van der Waals surface area contributed by atoms with Crippen LogP contribution in [0.5, 0.6) is 0 Å². The van der Waals surface area contributed by atoms with Crippen LogP contribution in [0.15, 0.2) is 58.4 Å². The second kappa shape index (κ2) is 8.82. The van der Waals surface area contributed by atoms with E-state index >= 15 is 0 Å². The third-order valence-corrected chi connectivity index (χ3v) is 9.87. The number of pyridine rings is 1. The highest BCUT2D eigenvalue weighted by molar-refractivity contribution is 8.26. The number of hydrogen-bond donors (Lipinski definition) is 0. The Bertz CT molecular complexity index is 1630. The topological polar surface area (TPSA) is 92.1 Å². The molecule has 0 aliphatic carbocycles. The molecule has 2 saturated heterocycles. The summed E-state index contributed by atoms with van der Waals surface area (Å²) < 4.78 is 25.8. The van der Waals surface area contributed by atoms with Crippen molar-refractivity contribution < 1.29 is 13.2 Å². The predicted octanol–water partition coefficient (Wildman–Crippen LogP) is 3.17. The lowest BCUT2D eigenvalue weighted by atomic mass is 10.0. The Labute approximate surface area is 217 Å². The van der Waals surface area contributed by atoms with E-state index in [-0.39, 0.29) is 23.0 Å². The molecule has 1 atom stereocenters. The van der Waals surface area contributed by atoms with Gasteiger partial charge in [0.15, 0.2) is 9.84 Å². The number of anilines is 2. The molecule has 8 nitrogen and oxygen atoms in total. The summed E-state index contributed by atoms with van der Waals surface area (Å²) in [5.41, 5.74) is 2.71. The molecule has 1 unspecified atom stereocenters. The maximum Gasteiger partial charge on any atom is 0.267 e. The van der Waals surface area contributed by atoms with Crippen molar-refractivity contribution in [2.45, 2.75) is 25.3 Å². The van der Waals surface area contributed by atoms with Gasteiger partial charge in [-0.2, -0.15) is 0 Å². The quantitative estimate of drug-likeness (QED) is 0.371. The monoisotopic (exact) mass is 538 g/mol. The zero-order chi connectivity index (χ0) is 25.0. The van der Waals surface area contributed by atoms with Crippen LogP contribution in [0, 0.1) is 0 Å². The van der Waals surface area contributed by atoms with Gasteiger partial charge in [-0.15, -0.1) is 0 Å². The Morgan fingerprint density at radius 1 is 1.11 bits per heavy atom. The van der Waals surface area contributed by atoms with Crippen LogP contribution < -0.4 is 10.5 Å². The molecule has 5 heterocycles. The highest BCUT2D eigenvalue weighted by Crippen LogP contribution is 2.38. The highest BCUT2D eigenvalue weighted by atomic mass is 32.2. The first kappa shape index (κ1) is 23.4. The number of carbonyl (C=O) groups excluding carboxylic acids is 1. The molecule has 3 aromatic rings. The molecule has 3 aliphatic heterocycles. The largest absolute Gasteiger partial charge is 0.325 e. The Hall–Kier alpha value is -3.02. The lowest BCUT2D eigenvalue weighted by Crippen LogP contribution is -2.39. The van der Waals surface area contributed by atoms with Crippen LogP contribution in [0.25, 0.3) is 11.7 Å². The fourth-order valence-electron chi connectivity index (χ4n) is 5.08. The molecule has 0 N–H and O–H groups in total. The van der Waals surface area contributed by atoms with Gasteiger partial charge in [0.2, 0.25) is 0 Å². The van der Waals surface area contributed by atoms with Gasteiger partial charge in [-0.1, -0.05) is 48.2 Å². The molecular formula is C25H22N4O4S3. The van der Waals surface area contributed by atoms with Crippen molar-refractivity contribution in [1.29, 1.82) is 0 Å². The number of rotatable bonds is 3. The third-order valence-electron chi connectivity index (χ3n) is 6.79. The number of aryl methyl sites for hydroxylation is 1. The van der Waals surface area contributed by atoms with Gasteiger partial charge < -0.3 is 4.90 Å². The Balaban J connectivity index is 1.49. The number of para-hydroxylation sites is 1. The molecule has 2 aromatic heterocycles. The maximum absolute atomic E-state index is 13.7. The number of fused-ring (bicyclic) bond motifs is 2. The predicted molar refractivity (Wildman–Crippen MR) is 145 cm³/mol. The van der Waals surface area contributed by atoms with E-state index in [1.165, 1.54) is 14.9 Å². The highest BCUT2D eigenvalue weighted by Gasteiger charge is 2.42. The fraction of sp³-hybridized carbons (Fsp3) is 0.280. The number of aromatic nitrogens is 2. The summed E-state index contributed by atoms with van der Waals surface area (Å²) in [6, 6.07) is 13.0. The van der Waals surface area contributed by atoms with Gasteiger partial charge in [-0.25, -0.2) is 13.4 Å². The molecule has 0 radical (unpaired) electrons. The van der Waals surface area contributed by atoms with E-state index in [4.69, 9.17) is 17.2 Å². The standard InChI is InChI=1S/C25H22N4O4S3/c30-23-18(14-20-24(31)29(25(34)35-20)17-10-13-36(32,33)15-17)22(26-21-9-3-4-11-28(21)23)27-12-5-7-16-6-1-2-8-19(16)27/h1-4,6,8-9,11,14,17H,5,7,10,12-13,15H2. The van der Waals surface area contributed by atoms with Crippen LogP contribution in [0.4, 0.5) is 11.5 Å². The molecule has 0 spiro atoms. The van der Waals surface area contributed by atoms with Crippen molar-refractivity contribution in [1.82, 2.24) is 14.3 Å². The zero-order valence-corrected chi connectivity index (χ0v) is 21.6. The first-order valence-corrected chi connectivity index (χ1v) is 14.7. The SMILES string of the molecule is O=C1C(=Cc2c(N3CCCc4ccccc43)nc3ccccn3c2=O)SC(=S)N1C1CCS(=O)(=O)C1. The molecule has 11 heteroatoms. The first-order valence-electron chi connectivity index (χ1n) is 11.7. The van der Waals surface area contributed by atoms with Gasteiger partial charge >= 0.3 is 0 Å². The normalized spacial score (nSPS) is 22.6. The van der Waals surface area contributed by atoms with E-state index in [0.29, 0.717) is 39.2 Å². The zero-order valence-electron chi connectivity index (χ0n) is 19.2. The molecule has 0 bridgehead atoms. The van der Waals surface area contributed by atoms with Crippen LogP contribution in [-0.4, -0.2) is 57.0 Å². The third kappa shape index (κ3) is 3.95. The van der Waals surface area contributed by atoms with E-state index < -0.39 is 15.9 Å². The van der Waals surface area contributed by atoms with Gasteiger partial charge in [0, 0.05) is 18.4 Å². The van der Waals surface area contributed by atoms with Crippen LogP contribution in [-0.2, 0) is 21.1 Å². The van der Waals surface area contributed by atoms with Crippen LogP contribution >= 0.6 is 24.0 Å². The van der Waals surface area contributed by atoms with Gasteiger partial charge in [0.25, 0.3) is 11.5 Å². The second-order valence-corrected chi connectivity index (χ2v) is 13.0. The second-order valence-electron chi connectivity index (χ2n) is 9.08. The maximum atomic E-state index is 13.7. The molecule has 6 rings (SSSR count). The summed E-state index contributed by atoms with van der Waals surface area (Å²) in [7, 11) is -3.19. The average molecular weight is 539 g/mol. The number of thiocarbonyl (C=S) groups is 1. The smallest absolute Gasteiger partial charge is 0.267 e. The first-order chi connectivity index (χ1) is 17.3. The van der Waals surface area contributed by atoms with Gasteiger partial charge in [-0.3, -0.25) is 18.9 Å². The number of hydrogen-bond acceptors (Lipinski definition) is 8. The van der Waals surface area contributed by atoms with E-state index in [1.807, 2.05) is 29.2 Å². The summed E-state index contributed by atoms with van der Waals surface area (Å²) in [4.78, 5) is 35.7. The molecule has 36 heavy (non-hydrogen) atoms. The van der Waals surface area contributed by atoms with Crippen molar-refractivity contribution >= 4 is 67.3 Å². The number of amides is 1. The van der Waals surface area contributed by atoms with Gasteiger partial charge in [0.1, 0.15) is 15.8 Å². The van der Waals surface area contributed by atoms with E-state index in [1.54, 1.807) is 24.4 Å².